The maximum Gasteiger partial charge on any atom is 0.400 e. The Hall–Kier alpha value is 0.0400. The second-order valence-corrected chi connectivity index (χ2v) is 4.83. The summed E-state index contributed by atoms with van der Waals surface area (Å²) in [5.74, 6) is -2.55. The average molecular weight is 539 g/mol. The van der Waals surface area contributed by atoms with Crippen LogP contribution in [0.25, 0.3) is 5.53 Å². The molecular formula is C11H16I2N3O4P. The van der Waals surface area contributed by atoms with E-state index in [4.69, 9.17) is 10.1 Å². The molecule has 0 aromatic heterocycles. The van der Waals surface area contributed by atoms with Crippen molar-refractivity contribution in [3.8, 4) is 0 Å². The summed E-state index contributed by atoms with van der Waals surface area (Å²) in [6.45, 7) is 4.43. The molecule has 5 unspecified atom stereocenters. The van der Waals surface area contributed by atoms with Gasteiger partial charge in [0.2, 0.25) is 11.7 Å². The van der Waals surface area contributed by atoms with Gasteiger partial charge in [-0.05, 0) is 6.92 Å². The Bertz CT molecular complexity index is 482. The molecule has 1 saturated heterocycles. The minimum absolute atomic E-state index is 0.204. The lowest BCUT2D eigenvalue weighted by atomic mass is 9.76. The van der Waals surface area contributed by atoms with Gasteiger partial charge in [0.25, 0.3) is 5.78 Å². The zero-order valence-electron chi connectivity index (χ0n) is 11.7. The number of halogens is 2. The van der Waals surface area contributed by atoms with E-state index in [1.165, 1.54) is 0 Å². The van der Waals surface area contributed by atoms with Gasteiger partial charge in [-0.2, -0.15) is 4.79 Å². The molecule has 7 nitrogen and oxygen atoms in total. The first-order valence-corrected chi connectivity index (χ1v) is 12.7. The van der Waals surface area contributed by atoms with Crippen molar-refractivity contribution in [2.24, 2.45) is 11.8 Å². The van der Waals surface area contributed by atoms with Gasteiger partial charge < -0.3 is 15.4 Å². The fourth-order valence-corrected chi connectivity index (χ4v) is 2.28. The third kappa shape index (κ3) is 5.02. The van der Waals surface area contributed by atoms with Crippen molar-refractivity contribution >= 4 is 69.9 Å². The van der Waals surface area contributed by atoms with Gasteiger partial charge in [0, 0.05) is 59.5 Å². The van der Waals surface area contributed by atoms with Crippen LogP contribution in [0, 0.1) is 11.8 Å². The molecule has 0 aromatic rings. The van der Waals surface area contributed by atoms with E-state index >= 15 is 0 Å². The highest BCUT2D eigenvalue weighted by atomic mass is 128. The third-order valence-corrected chi connectivity index (χ3v) is 3.77. The summed E-state index contributed by atoms with van der Waals surface area (Å²) in [7, 11) is 2.07. The first-order chi connectivity index (χ1) is 9.84. The van der Waals surface area contributed by atoms with Crippen LogP contribution < -0.4 is 5.32 Å². The molecule has 1 aliphatic rings. The molecule has 1 fully saturated rings. The van der Waals surface area contributed by atoms with E-state index in [2.05, 4.69) is 56.8 Å². The Balaban J connectivity index is 0.00000191. The standard InChI is InChI=1S/C11H16N3O4P.I2/c1-4(10(16)9(14-12)5(2)15)8-7(6(3)18-19)11(17)13-8;1-2/h4,6-8H,19H2,1-3H3,(H,13,17);. The molecule has 1 aliphatic heterocycles. The molecule has 0 bridgehead atoms. The second kappa shape index (κ2) is 9.94. The van der Waals surface area contributed by atoms with Gasteiger partial charge in [0.05, 0.1) is 18.1 Å². The van der Waals surface area contributed by atoms with Crippen molar-refractivity contribution in [3.63, 3.8) is 0 Å². The van der Waals surface area contributed by atoms with E-state index < -0.39 is 35.2 Å². The molecule has 1 heterocycles. The molecule has 118 valence electrons. The van der Waals surface area contributed by atoms with Crippen LogP contribution >= 0.6 is 46.7 Å². The molecule has 5 atom stereocenters. The molecule has 0 radical (unpaired) electrons. The number of amides is 1. The summed E-state index contributed by atoms with van der Waals surface area (Å²) in [6.07, 6.45) is -0.370. The van der Waals surface area contributed by atoms with Crippen LogP contribution in [0.15, 0.2) is 0 Å². The minimum Gasteiger partial charge on any atom is -0.362 e. The van der Waals surface area contributed by atoms with E-state index in [1.807, 2.05) is 0 Å². The Morgan fingerprint density at radius 3 is 2.29 bits per heavy atom. The quantitative estimate of drug-likeness (QED) is 0.105. The van der Waals surface area contributed by atoms with Crippen molar-refractivity contribution < 1.29 is 23.7 Å². The lowest BCUT2D eigenvalue weighted by molar-refractivity contribution is -0.143. The Morgan fingerprint density at radius 1 is 1.43 bits per heavy atom. The highest BCUT2D eigenvalue weighted by molar-refractivity contribution is 15.0. The zero-order valence-corrected chi connectivity index (χ0v) is 17.1. The number of nitrogens with zero attached hydrogens (tertiary/aromatic N) is 2. The highest BCUT2D eigenvalue weighted by Gasteiger charge is 2.49. The van der Waals surface area contributed by atoms with E-state index in [-0.39, 0.29) is 12.0 Å². The van der Waals surface area contributed by atoms with Crippen molar-refractivity contribution in [2.75, 3.05) is 0 Å². The Morgan fingerprint density at radius 2 is 1.95 bits per heavy atom. The summed E-state index contributed by atoms with van der Waals surface area (Å²) < 4.78 is 5.02. The van der Waals surface area contributed by atoms with Gasteiger partial charge in [-0.3, -0.25) is 14.4 Å². The topological polar surface area (TPSA) is 109 Å². The summed E-state index contributed by atoms with van der Waals surface area (Å²) in [6, 6.07) is -0.438. The van der Waals surface area contributed by atoms with Gasteiger partial charge in [-0.1, -0.05) is 6.92 Å². The van der Waals surface area contributed by atoms with Gasteiger partial charge in [-0.25, -0.2) is 0 Å². The van der Waals surface area contributed by atoms with Crippen molar-refractivity contribution in [2.45, 2.75) is 32.9 Å². The van der Waals surface area contributed by atoms with Gasteiger partial charge in [0.1, 0.15) is 0 Å². The van der Waals surface area contributed by atoms with Crippen LogP contribution in [0.4, 0.5) is 0 Å². The van der Waals surface area contributed by atoms with Gasteiger partial charge in [-0.15, -0.1) is 0 Å². The fourth-order valence-electron chi connectivity index (χ4n) is 2.11. The molecular weight excluding hydrogens is 523 g/mol. The predicted octanol–water partition coefficient (Wildman–Crippen LogP) is 1.53. The number of nitrogens with one attached hydrogen (secondary N) is 1. The van der Waals surface area contributed by atoms with E-state index in [0.717, 1.165) is 6.92 Å². The lowest BCUT2D eigenvalue weighted by Crippen LogP contribution is -2.66. The van der Waals surface area contributed by atoms with Gasteiger partial charge in [0.15, 0.2) is 0 Å². The number of carbonyl (C=O) groups excluding carboxylic acids is 3. The SMILES string of the molecule is CC(=O)C(=[N+]=[N-])C(=O)C(C)C1NC(=O)C1C(C)OP.II. The number of hydrogen-bond acceptors (Lipinski definition) is 4. The Kier molecular flexibility index (Phi) is 9.96. The molecule has 0 aromatic carbocycles. The van der Waals surface area contributed by atoms with Gasteiger partial charge >= 0.3 is 5.71 Å². The first kappa shape index (κ1) is 21.0. The number of ketones is 2. The monoisotopic (exact) mass is 539 g/mol. The lowest BCUT2D eigenvalue weighted by Gasteiger charge is -2.41. The van der Waals surface area contributed by atoms with E-state index in [1.54, 1.807) is 13.8 Å². The van der Waals surface area contributed by atoms with Crippen molar-refractivity contribution in [1.82, 2.24) is 5.32 Å². The largest absolute Gasteiger partial charge is 0.400 e. The molecule has 0 aliphatic carbocycles. The van der Waals surface area contributed by atoms with Crippen LogP contribution in [0.3, 0.4) is 0 Å². The maximum absolute atomic E-state index is 12.0. The first-order valence-electron chi connectivity index (χ1n) is 5.92. The number of hydrogen-bond donors (Lipinski definition) is 1. The van der Waals surface area contributed by atoms with E-state index in [0.29, 0.717) is 0 Å². The molecule has 10 heteroatoms. The second-order valence-electron chi connectivity index (χ2n) is 4.56. The normalized spacial score (nSPS) is 22.5. The minimum atomic E-state index is -0.667. The van der Waals surface area contributed by atoms with Crippen LogP contribution in [0.1, 0.15) is 20.8 Å². The number of Topliss-reactive ketones (excluding diaryl/α,β-unsaturated/α-hetero) is 2. The third-order valence-electron chi connectivity index (χ3n) is 3.34. The predicted molar refractivity (Wildman–Crippen MR) is 97.2 cm³/mol. The Labute approximate surface area is 148 Å². The van der Waals surface area contributed by atoms with Crippen LogP contribution in [0.2, 0.25) is 0 Å². The van der Waals surface area contributed by atoms with E-state index in [9.17, 15) is 14.4 Å². The molecule has 1 amide bonds. The molecule has 21 heavy (non-hydrogen) atoms. The van der Waals surface area contributed by atoms with Crippen molar-refractivity contribution in [1.29, 1.82) is 0 Å². The van der Waals surface area contributed by atoms with Crippen LogP contribution in [0.5, 0.6) is 0 Å². The summed E-state index contributed by atoms with van der Waals surface area (Å²) >= 11 is 4.24. The summed E-state index contributed by atoms with van der Waals surface area (Å²) in [4.78, 5) is 37.4. The zero-order chi connectivity index (χ0) is 16.7. The summed E-state index contributed by atoms with van der Waals surface area (Å²) in [5.41, 5.74) is 8.18. The molecule has 0 spiro atoms. The number of β-lactam (4-membered cyclic amide) rings is 1. The molecule has 0 saturated carbocycles. The smallest absolute Gasteiger partial charge is 0.362 e. The molecule has 1 rings (SSSR count). The number of rotatable bonds is 6. The van der Waals surface area contributed by atoms with Crippen LogP contribution in [-0.4, -0.2) is 40.1 Å². The van der Waals surface area contributed by atoms with Crippen molar-refractivity contribution in [3.05, 3.63) is 5.53 Å². The van der Waals surface area contributed by atoms with Crippen LogP contribution in [-0.2, 0) is 18.9 Å². The number of carbonyl (C=O) groups is 3. The highest BCUT2D eigenvalue weighted by Crippen LogP contribution is 2.28. The summed E-state index contributed by atoms with van der Waals surface area (Å²) in [5, 5.41) is 2.61. The fraction of sp³-hybridized carbons (Fsp3) is 0.636. The average Bonchev–Trinajstić information content (AvgIpc) is 2.45. The maximum atomic E-state index is 12.0. The molecule has 1 N–H and O–H groups in total.